The number of allylic oxidation sites excluding steroid dienone is 1. The van der Waals surface area contributed by atoms with Gasteiger partial charge in [-0.25, -0.2) is 0 Å². The lowest BCUT2D eigenvalue weighted by Crippen LogP contribution is -2.04. The van der Waals surface area contributed by atoms with Crippen molar-refractivity contribution in [1.82, 2.24) is 0 Å². The Morgan fingerprint density at radius 1 is 1.44 bits per heavy atom. The van der Waals surface area contributed by atoms with Crippen molar-refractivity contribution in [2.75, 3.05) is 13.2 Å². The minimum absolute atomic E-state index is 0.130. The van der Waals surface area contributed by atoms with Crippen molar-refractivity contribution in [2.24, 2.45) is 5.92 Å². The summed E-state index contributed by atoms with van der Waals surface area (Å²) < 4.78 is 0. The average Bonchev–Trinajstić information content (AvgIpc) is 1.88. The first-order valence-electron chi connectivity index (χ1n) is 3.19. The first-order valence-corrected chi connectivity index (χ1v) is 3.19. The Morgan fingerprint density at radius 2 is 2.11 bits per heavy atom. The van der Waals surface area contributed by atoms with Gasteiger partial charge in [0.25, 0.3) is 0 Å². The zero-order valence-corrected chi connectivity index (χ0v) is 5.75. The van der Waals surface area contributed by atoms with Gasteiger partial charge in [0.15, 0.2) is 0 Å². The molecule has 9 heavy (non-hydrogen) atoms. The predicted molar refractivity (Wildman–Crippen MR) is 37.1 cm³/mol. The van der Waals surface area contributed by atoms with Gasteiger partial charge in [0.2, 0.25) is 0 Å². The Bertz CT molecular complexity index is 79.0. The summed E-state index contributed by atoms with van der Waals surface area (Å²) in [6.07, 6.45) is 4.44. The van der Waals surface area contributed by atoms with Crippen LogP contribution in [0.1, 0.15) is 13.3 Å². The second-order valence-electron chi connectivity index (χ2n) is 1.98. The summed E-state index contributed by atoms with van der Waals surface area (Å²) in [5.41, 5.74) is 0. The minimum atomic E-state index is 0.130. The number of hydrogen-bond acceptors (Lipinski definition) is 2. The van der Waals surface area contributed by atoms with Gasteiger partial charge in [-0.2, -0.15) is 0 Å². The van der Waals surface area contributed by atoms with Crippen LogP contribution in [0.25, 0.3) is 0 Å². The Kier molecular flexibility index (Phi) is 5.57. The topological polar surface area (TPSA) is 40.5 Å². The summed E-state index contributed by atoms with van der Waals surface area (Å²) in [6, 6.07) is 0. The molecule has 0 saturated heterocycles. The summed E-state index contributed by atoms with van der Waals surface area (Å²) in [6.45, 7) is 2.18. The molecule has 1 unspecified atom stereocenters. The largest absolute Gasteiger partial charge is 0.396 e. The van der Waals surface area contributed by atoms with E-state index in [1.807, 2.05) is 19.1 Å². The van der Waals surface area contributed by atoms with E-state index in [1.54, 1.807) is 0 Å². The average molecular weight is 130 g/mol. The van der Waals surface area contributed by atoms with Crippen molar-refractivity contribution in [3.05, 3.63) is 12.2 Å². The first kappa shape index (κ1) is 8.66. The molecule has 0 aliphatic heterocycles. The summed E-state index contributed by atoms with van der Waals surface area (Å²) in [5.74, 6) is 0.139. The molecular formula is C7H14O2. The fourth-order valence-corrected chi connectivity index (χ4v) is 0.686. The number of hydrogen-bond donors (Lipinski definition) is 2. The van der Waals surface area contributed by atoms with Gasteiger partial charge in [0.1, 0.15) is 0 Å². The van der Waals surface area contributed by atoms with E-state index in [2.05, 4.69) is 0 Å². The Balaban J connectivity index is 3.41. The molecular weight excluding hydrogens is 116 g/mol. The molecule has 0 aromatic rings. The van der Waals surface area contributed by atoms with Crippen LogP contribution in [-0.2, 0) is 0 Å². The van der Waals surface area contributed by atoms with E-state index in [4.69, 9.17) is 10.2 Å². The zero-order valence-electron chi connectivity index (χ0n) is 5.75. The summed E-state index contributed by atoms with van der Waals surface area (Å²) in [7, 11) is 0. The van der Waals surface area contributed by atoms with Gasteiger partial charge >= 0.3 is 0 Å². The normalized spacial score (nSPS) is 14.6. The van der Waals surface area contributed by atoms with E-state index >= 15 is 0 Å². The molecule has 0 fully saturated rings. The Morgan fingerprint density at radius 3 is 2.44 bits per heavy atom. The van der Waals surface area contributed by atoms with Crippen molar-refractivity contribution >= 4 is 0 Å². The fourth-order valence-electron chi connectivity index (χ4n) is 0.686. The summed E-state index contributed by atoms with van der Waals surface area (Å²) >= 11 is 0. The van der Waals surface area contributed by atoms with E-state index in [-0.39, 0.29) is 19.1 Å². The maximum atomic E-state index is 8.63. The highest BCUT2D eigenvalue weighted by molar-refractivity contribution is 4.84. The van der Waals surface area contributed by atoms with Gasteiger partial charge in [-0.05, 0) is 13.3 Å². The highest BCUT2D eigenvalue weighted by Crippen LogP contribution is 2.01. The number of rotatable bonds is 4. The summed E-state index contributed by atoms with van der Waals surface area (Å²) in [4.78, 5) is 0. The lowest BCUT2D eigenvalue weighted by molar-refractivity contribution is 0.208. The predicted octanol–water partition coefficient (Wildman–Crippen LogP) is 0.553. The van der Waals surface area contributed by atoms with Crippen LogP contribution in [0.15, 0.2) is 12.2 Å². The fraction of sp³-hybridized carbons (Fsp3) is 0.714. The van der Waals surface area contributed by atoms with Crippen LogP contribution < -0.4 is 0 Å². The molecule has 0 saturated carbocycles. The highest BCUT2D eigenvalue weighted by atomic mass is 16.3. The molecule has 0 amide bonds. The van der Waals surface area contributed by atoms with Crippen LogP contribution in [0.4, 0.5) is 0 Å². The maximum Gasteiger partial charge on any atom is 0.0494 e. The van der Waals surface area contributed by atoms with Crippen LogP contribution in [0.5, 0.6) is 0 Å². The van der Waals surface area contributed by atoms with Crippen molar-refractivity contribution in [1.29, 1.82) is 0 Å². The smallest absolute Gasteiger partial charge is 0.0494 e. The van der Waals surface area contributed by atoms with Crippen molar-refractivity contribution in [3.63, 3.8) is 0 Å². The molecule has 0 aliphatic carbocycles. The van der Waals surface area contributed by atoms with E-state index in [9.17, 15) is 0 Å². The van der Waals surface area contributed by atoms with Crippen LogP contribution >= 0.6 is 0 Å². The lowest BCUT2D eigenvalue weighted by atomic mass is 10.1. The van der Waals surface area contributed by atoms with Crippen LogP contribution in [-0.4, -0.2) is 23.4 Å². The highest BCUT2D eigenvalue weighted by Gasteiger charge is 1.98. The molecule has 0 radical (unpaired) electrons. The Hall–Kier alpha value is -0.340. The molecule has 2 heteroatoms. The SMILES string of the molecule is C/C=C/C(CO)CCO. The molecule has 0 aromatic carbocycles. The van der Waals surface area contributed by atoms with Crippen LogP contribution in [0.2, 0.25) is 0 Å². The molecule has 0 heterocycles. The zero-order chi connectivity index (χ0) is 7.11. The molecule has 1 atom stereocenters. The van der Waals surface area contributed by atoms with Crippen molar-refractivity contribution in [3.8, 4) is 0 Å². The Labute approximate surface area is 55.8 Å². The molecule has 0 rings (SSSR count). The third-order valence-corrected chi connectivity index (χ3v) is 1.20. The standard InChI is InChI=1S/C7H14O2/c1-2-3-7(6-9)4-5-8/h2-3,7-9H,4-6H2,1H3/b3-2+. The first-order chi connectivity index (χ1) is 4.35. The van der Waals surface area contributed by atoms with E-state index in [0.29, 0.717) is 6.42 Å². The summed E-state index contributed by atoms with van der Waals surface area (Å²) in [5, 5.41) is 17.1. The van der Waals surface area contributed by atoms with Gasteiger partial charge < -0.3 is 10.2 Å². The minimum Gasteiger partial charge on any atom is -0.396 e. The van der Waals surface area contributed by atoms with Gasteiger partial charge in [0, 0.05) is 19.1 Å². The molecule has 54 valence electrons. The third-order valence-electron chi connectivity index (χ3n) is 1.20. The molecule has 0 spiro atoms. The van der Waals surface area contributed by atoms with Crippen LogP contribution in [0.3, 0.4) is 0 Å². The second kappa shape index (κ2) is 5.79. The van der Waals surface area contributed by atoms with Gasteiger partial charge in [-0.15, -0.1) is 0 Å². The molecule has 2 nitrogen and oxygen atoms in total. The van der Waals surface area contributed by atoms with E-state index < -0.39 is 0 Å². The monoisotopic (exact) mass is 130 g/mol. The number of aliphatic hydroxyl groups is 2. The lowest BCUT2D eigenvalue weighted by Gasteiger charge is -2.04. The molecule has 0 bridgehead atoms. The van der Waals surface area contributed by atoms with Gasteiger partial charge in [0.05, 0.1) is 0 Å². The third kappa shape index (κ3) is 4.18. The van der Waals surface area contributed by atoms with Crippen molar-refractivity contribution in [2.45, 2.75) is 13.3 Å². The molecule has 0 aromatic heterocycles. The number of aliphatic hydroxyl groups excluding tert-OH is 2. The second-order valence-corrected chi connectivity index (χ2v) is 1.98. The van der Waals surface area contributed by atoms with Gasteiger partial charge in [-0.1, -0.05) is 12.2 Å². The molecule has 2 N–H and O–H groups in total. The quantitative estimate of drug-likeness (QED) is 0.546. The van der Waals surface area contributed by atoms with Crippen LogP contribution in [0, 0.1) is 5.92 Å². The van der Waals surface area contributed by atoms with Gasteiger partial charge in [-0.3, -0.25) is 0 Å². The van der Waals surface area contributed by atoms with E-state index in [1.165, 1.54) is 0 Å². The maximum absolute atomic E-state index is 8.63. The van der Waals surface area contributed by atoms with Crippen molar-refractivity contribution < 1.29 is 10.2 Å². The molecule has 0 aliphatic rings. The van der Waals surface area contributed by atoms with E-state index in [0.717, 1.165) is 0 Å².